The Morgan fingerprint density at radius 3 is 1.64 bits per heavy atom. The summed E-state index contributed by atoms with van der Waals surface area (Å²) in [4.78, 5) is 0. The standard InChI is InChI=1S/C11H24O2S/c1-5-9-10-14(12,13)11(6-2,7-3)8-4/h5-10H2,1-4H3. The number of rotatable bonds is 7. The Morgan fingerprint density at radius 2 is 1.36 bits per heavy atom. The van der Waals surface area contributed by atoms with Crippen LogP contribution in [0, 0.1) is 0 Å². The van der Waals surface area contributed by atoms with Crippen LogP contribution in [0.2, 0.25) is 0 Å². The van der Waals surface area contributed by atoms with E-state index in [9.17, 15) is 8.42 Å². The molecule has 0 aliphatic heterocycles. The molecule has 0 amide bonds. The van der Waals surface area contributed by atoms with Gasteiger partial charge in [-0.05, 0) is 25.7 Å². The van der Waals surface area contributed by atoms with Crippen LogP contribution in [0.1, 0.15) is 59.8 Å². The molecular weight excluding hydrogens is 196 g/mol. The first-order valence-corrected chi connectivity index (χ1v) is 7.37. The van der Waals surface area contributed by atoms with Crippen LogP contribution in [0.3, 0.4) is 0 Å². The highest BCUT2D eigenvalue weighted by atomic mass is 32.2. The van der Waals surface area contributed by atoms with Gasteiger partial charge >= 0.3 is 0 Å². The summed E-state index contributed by atoms with van der Waals surface area (Å²) in [5.41, 5.74) is 0. The Bertz CT molecular complexity index is 230. The van der Waals surface area contributed by atoms with Gasteiger partial charge in [-0.15, -0.1) is 0 Å². The van der Waals surface area contributed by atoms with Gasteiger partial charge in [0.25, 0.3) is 0 Å². The lowest BCUT2D eigenvalue weighted by Gasteiger charge is -2.30. The Kier molecular flexibility index (Phi) is 5.72. The third-order valence-corrected chi connectivity index (χ3v) is 6.37. The van der Waals surface area contributed by atoms with Crippen molar-refractivity contribution >= 4 is 9.84 Å². The lowest BCUT2D eigenvalue weighted by atomic mass is 9.99. The molecule has 0 aromatic heterocycles. The molecule has 86 valence electrons. The van der Waals surface area contributed by atoms with E-state index in [1.54, 1.807) is 0 Å². The SMILES string of the molecule is CCCCS(=O)(=O)C(CC)(CC)CC. The third kappa shape index (κ3) is 2.72. The van der Waals surface area contributed by atoms with E-state index in [1.165, 1.54) is 0 Å². The summed E-state index contributed by atoms with van der Waals surface area (Å²) in [5, 5.41) is 0. The van der Waals surface area contributed by atoms with E-state index in [4.69, 9.17) is 0 Å². The van der Waals surface area contributed by atoms with Gasteiger partial charge < -0.3 is 0 Å². The van der Waals surface area contributed by atoms with E-state index in [0.29, 0.717) is 5.75 Å². The van der Waals surface area contributed by atoms with E-state index in [1.807, 2.05) is 27.7 Å². The molecule has 0 aliphatic carbocycles. The maximum atomic E-state index is 12.1. The molecule has 0 atom stereocenters. The summed E-state index contributed by atoms with van der Waals surface area (Å²) in [6.45, 7) is 7.98. The molecule has 0 unspecified atom stereocenters. The second kappa shape index (κ2) is 5.74. The molecule has 0 saturated carbocycles. The van der Waals surface area contributed by atoms with E-state index in [-0.39, 0.29) is 0 Å². The van der Waals surface area contributed by atoms with Gasteiger partial charge in [0.15, 0.2) is 9.84 Å². The summed E-state index contributed by atoms with van der Waals surface area (Å²) in [5.74, 6) is 0.360. The first-order valence-electron chi connectivity index (χ1n) is 5.72. The molecule has 0 saturated heterocycles. The normalized spacial score (nSPS) is 13.1. The van der Waals surface area contributed by atoms with Gasteiger partial charge in [-0.2, -0.15) is 0 Å². The van der Waals surface area contributed by atoms with Gasteiger partial charge in [0.2, 0.25) is 0 Å². The van der Waals surface area contributed by atoms with E-state index in [0.717, 1.165) is 32.1 Å². The van der Waals surface area contributed by atoms with Crippen LogP contribution in [-0.2, 0) is 9.84 Å². The van der Waals surface area contributed by atoms with Gasteiger partial charge in [0.05, 0.1) is 10.5 Å². The van der Waals surface area contributed by atoms with Gasteiger partial charge in [-0.3, -0.25) is 0 Å². The lowest BCUT2D eigenvalue weighted by molar-refractivity contribution is 0.466. The predicted octanol–water partition coefficient (Wildman–Crippen LogP) is 3.17. The Balaban J connectivity index is 4.80. The smallest absolute Gasteiger partial charge is 0.155 e. The van der Waals surface area contributed by atoms with Crippen LogP contribution in [0.15, 0.2) is 0 Å². The summed E-state index contributed by atoms with van der Waals surface area (Å²) in [6.07, 6.45) is 3.97. The molecule has 0 aromatic carbocycles. The van der Waals surface area contributed by atoms with E-state index < -0.39 is 14.6 Å². The molecule has 0 aliphatic rings. The number of hydrogen-bond acceptors (Lipinski definition) is 2. The average Bonchev–Trinajstić information content (AvgIpc) is 2.18. The molecule has 2 nitrogen and oxygen atoms in total. The summed E-state index contributed by atoms with van der Waals surface area (Å²) in [6, 6.07) is 0. The average molecular weight is 220 g/mol. The van der Waals surface area contributed by atoms with Gasteiger partial charge in [-0.1, -0.05) is 34.1 Å². The lowest BCUT2D eigenvalue weighted by Crippen LogP contribution is -2.38. The maximum absolute atomic E-state index is 12.1. The minimum absolute atomic E-state index is 0.360. The van der Waals surface area contributed by atoms with Crippen molar-refractivity contribution in [2.24, 2.45) is 0 Å². The van der Waals surface area contributed by atoms with Crippen molar-refractivity contribution in [1.82, 2.24) is 0 Å². The molecular formula is C11H24O2S. The summed E-state index contributed by atoms with van der Waals surface area (Å²) < 4.78 is 23.8. The Morgan fingerprint density at radius 1 is 0.929 bits per heavy atom. The quantitative estimate of drug-likeness (QED) is 0.660. The molecule has 0 spiro atoms. The minimum atomic E-state index is -2.90. The fourth-order valence-electron chi connectivity index (χ4n) is 1.96. The summed E-state index contributed by atoms with van der Waals surface area (Å²) in [7, 11) is -2.90. The van der Waals surface area contributed by atoms with Crippen LogP contribution in [0.25, 0.3) is 0 Å². The topological polar surface area (TPSA) is 34.1 Å². The van der Waals surface area contributed by atoms with Crippen LogP contribution in [-0.4, -0.2) is 18.9 Å². The highest BCUT2D eigenvalue weighted by Gasteiger charge is 2.37. The van der Waals surface area contributed by atoms with E-state index in [2.05, 4.69) is 0 Å². The Labute approximate surface area is 89.0 Å². The van der Waals surface area contributed by atoms with Crippen molar-refractivity contribution < 1.29 is 8.42 Å². The molecule has 0 rings (SSSR count). The van der Waals surface area contributed by atoms with Gasteiger partial charge in [0, 0.05) is 0 Å². The molecule has 0 N–H and O–H groups in total. The predicted molar refractivity (Wildman–Crippen MR) is 62.3 cm³/mol. The highest BCUT2D eigenvalue weighted by molar-refractivity contribution is 7.92. The molecule has 0 bridgehead atoms. The zero-order valence-electron chi connectivity index (χ0n) is 9.97. The summed E-state index contributed by atoms with van der Waals surface area (Å²) >= 11 is 0. The van der Waals surface area contributed by atoms with Crippen molar-refractivity contribution in [3.8, 4) is 0 Å². The van der Waals surface area contributed by atoms with Crippen molar-refractivity contribution in [2.45, 2.75) is 64.5 Å². The molecule has 0 aromatic rings. The van der Waals surface area contributed by atoms with Gasteiger partial charge in [-0.25, -0.2) is 8.42 Å². The van der Waals surface area contributed by atoms with Crippen LogP contribution in [0.5, 0.6) is 0 Å². The van der Waals surface area contributed by atoms with Gasteiger partial charge in [0.1, 0.15) is 0 Å². The number of hydrogen-bond donors (Lipinski definition) is 0. The number of sulfone groups is 1. The molecule has 0 heterocycles. The van der Waals surface area contributed by atoms with Crippen molar-refractivity contribution in [1.29, 1.82) is 0 Å². The van der Waals surface area contributed by atoms with Crippen molar-refractivity contribution in [3.05, 3.63) is 0 Å². The molecule has 3 heteroatoms. The number of unbranched alkanes of at least 4 members (excludes halogenated alkanes) is 1. The van der Waals surface area contributed by atoms with Crippen molar-refractivity contribution in [3.63, 3.8) is 0 Å². The largest absolute Gasteiger partial charge is 0.228 e. The Hall–Kier alpha value is -0.0500. The zero-order valence-corrected chi connectivity index (χ0v) is 10.8. The fourth-order valence-corrected chi connectivity index (χ4v) is 4.38. The third-order valence-electron chi connectivity index (χ3n) is 3.36. The minimum Gasteiger partial charge on any atom is -0.228 e. The molecule has 0 radical (unpaired) electrons. The molecule has 14 heavy (non-hydrogen) atoms. The molecule has 0 fully saturated rings. The van der Waals surface area contributed by atoms with Crippen molar-refractivity contribution in [2.75, 3.05) is 5.75 Å². The monoisotopic (exact) mass is 220 g/mol. The fraction of sp³-hybridized carbons (Fsp3) is 1.00. The highest BCUT2D eigenvalue weighted by Crippen LogP contribution is 2.30. The van der Waals surface area contributed by atoms with Crippen LogP contribution >= 0.6 is 0 Å². The van der Waals surface area contributed by atoms with Crippen LogP contribution in [0.4, 0.5) is 0 Å². The first-order chi connectivity index (χ1) is 6.49. The first kappa shape index (κ1) is 13.9. The second-order valence-corrected chi connectivity index (χ2v) is 6.42. The maximum Gasteiger partial charge on any atom is 0.155 e. The zero-order chi connectivity index (χ0) is 11.2. The second-order valence-electron chi connectivity index (χ2n) is 3.92. The van der Waals surface area contributed by atoms with E-state index >= 15 is 0 Å². The van der Waals surface area contributed by atoms with Crippen LogP contribution < -0.4 is 0 Å².